The van der Waals surface area contributed by atoms with E-state index in [-0.39, 0.29) is 0 Å². The van der Waals surface area contributed by atoms with Crippen LogP contribution in [-0.4, -0.2) is 12.7 Å². The Morgan fingerprint density at radius 3 is 2.67 bits per heavy atom. The van der Waals surface area contributed by atoms with Gasteiger partial charge in [-0.15, -0.1) is 0 Å². The highest BCUT2D eigenvalue weighted by atomic mass is 17.2. The molecule has 1 atom stereocenters. The summed E-state index contributed by atoms with van der Waals surface area (Å²) >= 11 is 0. The fourth-order valence-corrected chi connectivity index (χ4v) is 0.918. The van der Waals surface area contributed by atoms with Crippen molar-refractivity contribution in [2.75, 3.05) is 6.61 Å². The summed E-state index contributed by atoms with van der Waals surface area (Å²) in [5, 5.41) is 0. The smallest absolute Gasteiger partial charge is 0.119 e. The van der Waals surface area contributed by atoms with Crippen LogP contribution < -0.4 is 0 Å². The third-order valence-electron chi connectivity index (χ3n) is 1.59. The van der Waals surface area contributed by atoms with Gasteiger partial charge in [-0.25, -0.2) is 9.78 Å². The third-order valence-corrected chi connectivity index (χ3v) is 1.59. The zero-order valence-electron chi connectivity index (χ0n) is 5.93. The van der Waals surface area contributed by atoms with Gasteiger partial charge < -0.3 is 0 Å². The van der Waals surface area contributed by atoms with Crippen LogP contribution >= 0.6 is 0 Å². The monoisotopic (exact) mass is 130 g/mol. The molecule has 1 rings (SSSR count). The Labute approximate surface area is 56.1 Å². The summed E-state index contributed by atoms with van der Waals surface area (Å²) in [6.07, 6.45) is 5.47. The van der Waals surface area contributed by atoms with E-state index in [4.69, 9.17) is 4.89 Å². The van der Waals surface area contributed by atoms with Crippen molar-refractivity contribution < 1.29 is 9.78 Å². The molecule has 1 fully saturated rings. The molecule has 1 unspecified atom stereocenters. The summed E-state index contributed by atoms with van der Waals surface area (Å²) in [5.74, 6) is 0. The standard InChI is InChI=1S/C7H14O2/c1-2-3-4-5-7-6-8-9-7/h7H,2-6H2,1H3. The van der Waals surface area contributed by atoms with E-state index in [0.717, 1.165) is 6.61 Å². The molecule has 0 saturated carbocycles. The Hall–Kier alpha value is -0.0800. The fraction of sp³-hybridized carbons (Fsp3) is 1.00. The summed E-state index contributed by atoms with van der Waals surface area (Å²) in [5.41, 5.74) is 0. The van der Waals surface area contributed by atoms with Gasteiger partial charge in [0.15, 0.2) is 0 Å². The predicted octanol–water partition coefficient (Wildman–Crippen LogP) is 1.90. The maximum Gasteiger partial charge on any atom is 0.119 e. The highest BCUT2D eigenvalue weighted by Crippen LogP contribution is 2.13. The molecular formula is C7H14O2. The molecule has 2 heteroatoms. The molecule has 54 valence electrons. The first kappa shape index (κ1) is 7.03. The average molecular weight is 130 g/mol. The van der Waals surface area contributed by atoms with Crippen LogP contribution in [0.2, 0.25) is 0 Å². The van der Waals surface area contributed by atoms with Gasteiger partial charge in [-0.2, -0.15) is 0 Å². The van der Waals surface area contributed by atoms with E-state index in [1.54, 1.807) is 0 Å². The Kier molecular flexibility index (Phi) is 3.01. The lowest BCUT2D eigenvalue weighted by Gasteiger charge is -2.23. The van der Waals surface area contributed by atoms with Crippen LogP contribution in [0.5, 0.6) is 0 Å². The molecule has 0 aliphatic carbocycles. The maximum absolute atomic E-state index is 4.78. The summed E-state index contributed by atoms with van der Waals surface area (Å²) < 4.78 is 0. The number of hydrogen-bond donors (Lipinski definition) is 0. The fourth-order valence-electron chi connectivity index (χ4n) is 0.918. The molecule has 1 saturated heterocycles. The SMILES string of the molecule is CCCCCC1COO1. The van der Waals surface area contributed by atoms with Gasteiger partial charge in [0.25, 0.3) is 0 Å². The van der Waals surface area contributed by atoms with Gasteiger partial charge in [-0.3, -0.25) is 0 Å². The number of unbranched alkanes of at least 4 members (excludes halogenated alkanes) is 2. The van der Waals surface area contributed by atoms with Crippen molar-refractivity contribution >= 4 is 0 Å². The topological polar surface area (TPSA) is 18.5 Å². The quantitative estimate of drug-likeness (QED) is 0.427. The second-order valence-corrected chi connectivity index (χ2v) is 2.50. The predicted molar refractivity (Wildman–Crippen MR) is 35.0 cm³/mol. The highest BCUT2D eigenvalue weighted by molar-refractivity contribution is 4.58. The molecule has 0 aromatic heterocycles. The molecule has 0 bridgehead atoms. The number of rotatable bonds is 4. The molecule has 0 amide bonds. The van der Waals surface area contributed by atoms with Gasteiger partial charge in [0, 0.05) is 0 Å². The van der Waals surface area contributed by atoms with Gasteiger partial charge in [-0.05, 0) is 6.42 Å². The first-order valence-corrected chi connectivity index (χ1v) is 3.71. The minimum absolute atomic E-state index is 0.413. The van der Waals surface area contributed by atoms with E-state index < -0.39 is 0 Å². The molecule has 1 heterocycles. The first-order chi connectivity index (χ1) is 4.43. The molecule has 0 radical (unpaired) electrons. The Bertz CT molecular complexity index is 69.3. The van der Waals surface area contributed by atoms with Gasteiger partial charge in [0.1, 0.15) is 12.7 Å². The van der Waals surface area contributed by atoms with Crippen molar-refractivity contribution in [1.82, 2.24) is 0 Å². The third kappa shape index (κ3) is 2.33. The van der Waals surface area contributed by atoms with Gasteiger partial charge in [-0.1, -0.05) is 26.2 Å². The van der Waals surface area contributed by atoms with Crippen molar-refractivity contribution in [3.8, 4) is 0 Å². The van der Waals surface area contributed by atoms with Gasteiger partial charge in [0.2, 0.25) is 0 Å². The van der Waals surface area contributed by atoms with E-state index in [1.165, 1.54) is 25.7 Å². The van der Waals surface area contributed by atoms with Crippen LogP contribution in [0, 0.1) is 0 Å². The van der Waals surface area contributed by atoms with Crippen LogP contribution in [0.15, 0.2) is 0 Å². The van der Waals surface area contributed by atoms with E-state index in [1.807, 2.05) is 0 Å². The summed E-state index contributed by atoms with van der Waals surface area (Å²) in [6, 6.07) is 0. The molecule has 2 nitrogen and oxygen atoms in total. The van der Waals surface area contributed by atoms with Crippen molar-refractivity contribution in [3.63, 3.8) is 0 Å². The van der Waals surface area contributed by atoms with Gasteiger partial charge >= 0.3 is 0 Å². The second-order valence-electron chi connectivity index (χ2n) is 2.50. The van der Waals surface area contributed by atoms with E-state index >= 15 is 0 Å². The normalized spacial score (nSPS) is 25.7. The summed E-state index contributed by atoms with van der Waals surface area (Å²) in [4.78, 5) is 9.34. The van der Waals surface area contributed by atoms with Crippen LogP contribution in [0.3, 0.4) is 0 Å². The van der Waals surface area contributed by atoms with Crippen molar-refractivity contribution in [2.45, 2.75) is 38.7 Å². The van der Waals surface area contributed by atoms with Crippen LogP contribution in [0.4, 0.5) is 0 Å². The van der Waals surface area contributed by atoms with Crippen molar-refractivity contribution in [3.05, 3.63) is 0 Å². The maximum atomic E-state index is 4.78. The van der Waals surface area contributed by atoms with E-state index in [9.17, 15) is 0 Å². The Morgan fingerprint density at radius 2 is 2.22 bits per heavy atom. The minimum Gasteiger partial charge on any atom is -0.233 e. The Morgan fingerprint density at radius 1 is 1.44 bits per heavy atom. The molecule has 1 aliphatic rings. The van der Waals surface area contributed by atoms with Gasteiger partial charge in [0.05, 0.1) is 0 Å². The lowest BCUT2D eigenvalue weighted by Crippen LogP contribution is -2.30. The summed E-state index contributed by atoms with van der Waals surface area (Å²) in [6.45, 7) is 3.02. The van der Waals surface area contributed by atoms with Crippen molar-refractivity contribution in [2.24, 2.45) is 0 Å². The average Bonchev–Trinajstić information content (AvgIpc) is 1.76. The van der Waals surface area contributed by atoms with Crippen LogP contribution in [0.1, 0.15) is 32.6 Å². The van der Waals surface area contributed by atoms with E-state index in [2.05, 4.69) is 11.8 Å². The molecule has 0 aromatic rings. The molecule has 0 N–H and O–H groups in total. The second kappa shape index (κ2) is 3.85. The van der Waals surface area contributed by atoms with Crippen molar-refractivity contribution in [1.29, 1.82) is 0 Å². The molecule has 1 aliphatic heterocycles. The lowest BCUT2D eigenvalue weighted by molar-refractivity contribution is -0.425. The minimum atomic E-state index is 0.413. The summed E-state index contributed by atoms with van der Waals surface area (Å²) in [7, 11) is 0. The molecule has 0 aromatic carbocycles. The Balaban J connectivity index is 1.80. The van der Waals surface area contributed by atoms with E-state index in [0.29, 0.717) is 6.10 Å². The zero-order chi connectivity index (χ0) is 6.53. The lowest BCUT2D eigenvalue weighted by atomic mass is 10.1. The highest BCUT2D eigenvalue weighted by Gasteiger charge is 2.18. The molecule has 0 spiro atoms. The first-order valence-electron chi connectivity index (χ1n) is 3.71. The molecule has 9 heavy (non-hydrogen) atoms. The largest absolute Gasteiger partial charge is 0.233 e. The number of hydrogen-bond acceptors (Lipinski definition) is 2. The van der Waals surface area contributed by atoms with Crippen LogP contribution in [-0.2, 0) is 9.78 Å². The zero-order valence-corrected chi connectivity index (χ0v) is 5.93. The van der Waals surface area contributed by atoms with Crippen LogP contribution in [0.25, 0.3) is 0 Å². The molecular weight excluding hydrogens is 116 g/mol.